The van der Waals surface area contributed by atoms with E-state index in [4.69, 9.17) is 9.47 Å². The van der Waals surface area contributed by atoms with Gasteiger partial charge in [0, 0.05) is 25.6 Å². The van der Waals surface area contributed by atoms with Gasteiger partial charge in [-0.15, -0.1) is 0 Å². The lowest BCUT2D eigenvalue weighted by Gasteiger charge is -2.22. The van der Waals surface area contributed by atoms with Crippen LogP contribution in [-0.4, -0.2) is 40.5 Å². The van der Waals surface area contributed by atoms with Crippen LogP contribution < -0.4 is 19.1 Å². The van der Waals surface area contributed by atoms with Crippen LogP contribution in [0.25, 0.3) is 0 Å². The first kappa shape index (κ1) is 16.4. The topological polar surface area (TPSA) is 84.9 Å². The molecule has 1 amide bonds. The number of sulfonamides is 1. The Hall–Kier alpha value is -1.96. The number of nitrogens with one attached hydrogen (secondary N) is 1. The number of ether oxygens (including phenoxy) is 2. The highest BCUT2D eigenvalue weighted by molar-refractivity contribution is 7.92. The fourth-order valence-electron chi connectivity index (χ4n) is 2.08. The normalized spacial score (nSPS) is 13.0. The Morgan fingerprint density at radius 2 is 2.05 bits per heavy atom. The third-order valence-electron chi connectivity index (χ3n) is 3.16. The molecule has 0 radical (unpaired) electrons. The average Bonchev–Trinajstić information content (AvgIpc) is 2.91. The molecular formula is C14H20N2O5S. The second kappa shape index (κ2) is 6.87. The molecule has 1 aliphatic rings. The van der Waals surface area contributed by atoms with Crippen LogP contribution in [0.15, 0.2) is 18.2 Å². The van der Waals surface area contributed by atoms with E-state index < -0.39 is 10.0 Å². The molecule has 0 aromatic heterocycles. The highest BCUT2D eigenvalue weighted by Crippen LogP contribution is 2.36. The number of carbonyl (C=O) groups excluding carboxylic acids is 1. The van der Waals surface area contributed by atoms with Gasteiger partial charge < -0.3 is 14.8 Å². The largest absolute Gasteiger partial charge is 0.454 e. The van der Waals surface area contributed by atoms with E-state index in [-0.39, 0.29) is 25.7 Å². The molecular weight excluding hydrogens is 308 g/mol. The number of hydrogen-bond acceptors (Lipinski definition) is 5. The smallest absolute Gasteiger partial charge is 0.232 e. The van der Waals surface area contributed by atoms with Crippen molar-refractivity contribution in [2.75, 3.05) is 30.4 Å². The van der Waals surface area contributed by atoms with E-state index in [0.29, 0.717) is 23.7 Å². The molecule has 8 heteroatoms. The van der Waals surface area contributed by atoms with Crippen molar-refractivity contribution >= 4 is 21.6 Å². The molecule has 1 aromatic rings. The number of benzene rings is 1. The molecule has 0 atom stereocenters. The van der Waals surface area contributed by atoms with Crippen LogP contribution in [0, 0.1) is 0 Å². The van der Waals surface area contributed by atoms with Crippen LogP contribution in [-0.2, 0) is 14.8 Å². The average molecular weight is 328 g/mol. The van der Waals surface area contributed by atoms with Crippen molar-refractivity contribution in [1.82, 2.24) is 5.32 Å². The van der Waals surface area contributed by atoms with Crippen LogP contribution in [0.2, 0.25) is 0 Å². The summed E-state index contributed by atoms with van der Waals surface area (Å²) >= 11 is 0. The van der Waals surface area contributed by atoms with Gasteiger partial charge in [0.2, 0.25) is 22.7 Å². The van der Waals surface area contributed by atoms with Gasteiger partial charge in [0.05, 0.1) is 11.9 Å². The zero-order valence-electron chi connectivity index (χ0n) is 12.7. The molecule has 0 bridgehead atoms. The summed E-state index contributed by atoms with van der Waals surface area (Å²) in [5.41, 5.74) is 0.454. The van der Waals surface area contributed by atoms with Crippen molar-refractivity contribution in [3.05, 3.63) is 18.2 Å². The maximum atomic E-state index is 12.0. The predicted octanol–water partition coefficient (Wildman–Crippen LogP) is 1.10. The van der Waals surface area contributed by atoms with Crippen molar-refractivity contribution < 1.29 is 22.7 Å². The first-order valence-corrected chi connectivity index (χ1v) is 8.90. The zero-order chi connectivity index (χ0) is 16.2. The van der Waals surface area contributed by atoms with E-state index in [0.717, 1.165) is 12.7 Å². The van der Waals surface area contributed by atoms with Gasteiger partial charge in [-0.2, -0.15) is 0 Å². The summed E-state index contributed by atoms with van der Waals surface area (Å²) in [7, 11) is -3.49. The molecule has 0 fully saturated rings. The molecule has 2 rings (SSSR count). The third kappa shape index (κ3) is 4.03. The van der Waals surface area contributed by atoms with Crippen molar-refractivity contribution in [3.63, 3.8) is 0 Å². The predicted molar refractivity (Wildman–Crippen MR) is 82.7 cm³/mol. The highest BCUT2D eigenvalue weighted by Gasteiger charge is 2.22. The van der Waals surface area contributed by atoms with E-state index in [2.05, 4.69) is 5.32 Å². The lowest BCUT2D eigenvalue weighted by Crippen LogP contribution is -2.34. The number of nitrogens with zero attached hydrogens (tertiary/aromatic N) is 1. The summed E-state index contributed by atoms with van der Waals surface area (Å²) in [6.07, 6.45) is 2.05. The first-order chi connectivity index (χ1) is 10.4. The Morgan fingerprint density at radius 1 is 1.32 bits per heavy atom. The second-order valence-electron chi connectivity index (χ2n) is 4.97. The molecule has 0 saturated heterocycles. The van der Waals surface area contributed by atoms with E-state index in [1.807, 2.05) is 6.92 Å². The van der Waals surface area contributed by atoms with Gasteiger partial charge in [-0.1, -0.05) is 6.92 Å². The number of fused-ring (bicyclic) bond motifs is 1. The number of anilines is 1. The summed E-state index contributed by atoms with van der Waals surface area (Å²) in [5.74, 6) is 0.913. The van der Waals surface area contributed by atoms with Gasteiger partial charge in [-0.05, 0) is 18.6 Å². The van der Waals surface area contributed by atoms with Gasteiger partial charge in [0.15, 0.2) is 11.5 Å². The molecule has 7 nitrogen and oxygen atoms in total. The minimum absolute atomic E-state index is 0.0774. The molecule has 0 aliphatic carbocycles. The zero-order valence-corrected chi connectivity index (χ0v) is 13.5. The lowest BCUT2D eigenvalue weighted by atomic mass is 10.2. The van der Waals surface area contributed by atoms with Gasteiger partial charge in [-0.25, -0.2) is 8.42 Å². The molecule has 0 saturated carbocycles. The van der Waals surface area contributed by atoms with Gasteiger partial charge >= 0.3 is 0 Å². The molecule has 0 unspecified atom stereocenters. The summed E-state index contributed by atoms with van der Waals surface area (Å²) in [6, 6.07) is 4.90. The second-order valence-corrected chi connectivity index (χ2v) is 6.88. The molecule has 0 spiro atoms. The van der Waals surface area contributed by atoms with Gasteiger partial charge in [0.1, 0.15) is 0 Å². The fraction of sp³-hybridized carbons (Fsp3) is 0.500. The lowest BCUT2D eigenvalue weighted by molar-refractivity contribution is -0.120. The molecule has 1 aliphatic heterocycles. The minimum atomic E-state index is -3.49. The van der Waals surface area contributed by atoms with Gasteiger partial charge in [0.25, 0.3) is 0 Å². The van der Waals surface area contributed by atoms with E-state index in [1.165, 1.54) is 4.31 Å². The summed E-state index contributed by atoms with van der Waals surface area (Å²) < 4.78 is 35.6. The van der Waals surface area contributed by atoms with Crippen molar-refractivity contribution in [1.29, 1.82) is 0 Å². The van der Waals surface area contributed by atoms with Crippen LogP contribution in [0.3, 0.4) is 0 Å². The number of hydrogen-bond donors (Lipinski definition) is 1. The Labute approximate surface area is 130 Å². The quantitative estimate of drug-likeness (QED) is 0.810. The van der Waals surface area contributed by atoms with E-state index >= 15 is 0 Å². The van der Waals surface area contributed by atoms with Crippen LogP contribution in [0.4, 0.5) is 5.69 Å². The van der Waals surface area contributed by atoms with Crippen molar-refractivity contribution in [2.45, 2.75) is 19.8 Å². The molecule has 1 heterocycles. The Balaban J connectivity index is 2.12. The van der Waals surface area contributed by atoms with E-state index in [1.54, 1.807) is 18.2 Å². The van der Waals surface area contributed by atoms with Crippen molar-refractivity contribution in [2.24, 2.45) is 0 Å². The first-order valence-electron chi connectivity index (χ1n) is 7.06. The molecule has 1 aromatic carbocycles. The maximum absolute atomic E-state index is 12.0. The Morgan fingerprint density at radius 3 is 2.73 bits per heavy atom. The van der Waals surface area contributed by atoms with Crippen LogP contribution in [0.1, 0.15) is 19.8 Å². The minimum Gasteiger partial charge on any atom is -0.454 e. The van der Waals surface area contributed by atoms with E-state index in [9.17, 15) is 13.2 Å². The summed E-state index contributed by atoms with van der Waals surface area (Å²) in [4.78, 5) is 11.7. The Bertz CT molecular complexity index is 645. The van der Waals surface area contributed by atoms with Crippen molar-refractivity contribution in [3.8, 4) is 11.5 Å². The third-order valence-corrected chi connectivity index (χ3v) is 4.35. The summed E-state index contributed by atoms with van der Waals surface area (Å²) in [5, 5.41) is 2.73. The highest BCUT2D eigenvalue weighted by atomic mass is 32.2. The number of amides is 1. The maximum Gasteiger partial charge on any atom is 0.232 e. The number of carbonyl (C=O) groups is 1. The number of rotatable bonds is 7. The van der Waals surface area contributed by atoms with Crippen LogP contribution >= 0.6 is 0 Å². The monoisotopic (exact) mass is 328 g/mol. The standard InChI is InChI=1S/C14H20N2O5S/c1-3-7-15-14(17)6-8-16(22(2,18)19)11-4-5-12-13(9-11)21-10-20-12/h4-5,9H,3,6-8,10H2,1-2H3,(H,15,17). The fourth-order valence-corrected chi connectivity index (χ4v) is 3.00. The molecule has 22 heavy (non-hydrogen) atoms. The molecule has 1 N–H and O–H groups in total. The molecule has 122 valence electrons. The van der Waals surface area contributed by atoms with Gasteiger partial charge in [-0.3, -0.25) is 9.10 Å². The Kier molecular flexibility index (Phi) is 5.12. The summed E-state index contributed by atoms with van der Waals surface area (Å²) in [6.45, 7) is 2.74. The SMILES string of the molecule is CCCNC(=O)CCN(c1ccc2c(c1)OCO2)S(C)(=O)=O. The van der Waals surface area contributed by atoms with Crippen LogP contribution in [0.5, 0.6) is 11.5 Å².